The first-order valence-electron chi connectivity index (χ1n) is 10.3. The Kier molecular flexibility index (Phi) is 5.44. The average Bonchev–Trinajstić information content (AvgIpc) is 3.06. The van der Waals surface area contributed by atoms with Gasteiger partial charge in [0.15, 0.2) is 0 Å². The van der Waals surface area contributed by atoms with Crippen LogP contribution < -0.4 is 9.64 Å². The molecule has 2 nitrogen and oxygen atoms in total. The average molecular weight is 338 g/mol. The molecule has 134 valence electrons. The van der Waals surface area contributed by atoms with Crippen molar-refractivity contribution in [3.63, 3.8) is 0 Å². The van der Waals surface area contributed by atoms with E-state index in [9.17, 15) is 0 Å². The Morgan fingerprint density at radius 2 is 1.52 bits per heavy atom. The molecule has 0 aromatic heterocycles. The first kappa shape index (κ1) is 16.8. The van der Waals surface area contributed by atoms with Crippen molar-refractivity contribution in [2.75, 3.05) is 24.6 Å². The maximum absolute atomic E-state index is 6.26. The van der Waals surface area contributed by atoms with Gasteiger partial charge in [-0.05, 0) is 37.3 Å². The molecule has 0 amide bonds. The molecule has 2 aliphatic rings. The van der Waals surface area contributed by atoms with Crippen LogP contribution in [0.15, 0.2) is 36.4 Å². The van der Waals surface area contributed by atoms with E-state index in [1.54, 1.807) is 0 Å². The summed E-state index contributed by atoms with van der Waals surface area (Å²) in [6.45, 7) is 3.23. The Hall–Kier alpha value is -1.70. The first-order chi connectivity index (χ1) is 12.4. The normalized spacial score (nSPS) is 19.3. The molecular weight excluding hydrogens is 306 g/mol. The number of fused-ring (bicyclic) bond motifs is 1. The topological polar surface area (TPSA) is 12.5 Å². The van der Waals surface area contributed by atoms with Crippen molar-refractivity contribution in [2.45, 2.75) is 57.8 Å². The lowest BCUT2D eigenvalue weighted by Gasteiger charge is -2.21. The van der Waals surface area contributed by atoms with Gasteiger partial charge in [0, 0.05) is 29.5 Å². The number of hydrogen-bond donors (Lipinski definition) is 0. The molecule has 2 fully saturated rings. The van der Waals surface area contributed by atoms with Crippen molar-refractivity contribution >= 4 is 16.5 Å². The van der Waals surface area contributed by atoms with E-state index in [0.717, 1.165) is 18.3 Å². The van der Waals surface area contributed by atoms with Crippen molar-refractivity contribution in [1.82, 2.24) is 0 Å². The van der Waals surface area contributed by atoms with Crippen LogP contribution in [-0.4, -0.2) is 19.7 Å². The fourth-order valence-corrected chi connectivity index (χ4v) is 4.60. The lowest BCUT2D eigenvalue weighted by molar-refractivity contribution is 0.269. The smallest absolute Gasteiger partial charge is 0.127 e. The summed E-state index contributed by atoms with van der Waals surface area (Å²) >= 11 is 0. The molecule has 2 heteroatoms. The first-order valence-corrected chi connectivity index (χ1v) is 10.3. The van der Waals surface area contributed by atoms with Crippen LogP contribution in [0.1, 0.15) is 57.8 Å². The summed E-state index contributed by atoms with van der Waals surface area (Å²) in [6.07, 6.45) is 12.3. The third-order valence-corrected chi connectivity index (χ3v) is 6.07. The molecule has 1 aliphatic heterocycles. The standard InChI is InChI=1S/C23H31NO/c1-2-4-10-19(9-3-1)15-18-25-23-14-13-22(24-16-7-8-17-24)20-11-5-6-12-21(20)23/h5-6,11-14,19H,1-4,7-10,15-18H2. The summed E-state index contributed by atoms with van der Waals surface area (Å²) in [7, 11) is 0. The van der Waals surface area contributed by atoms with Crippen LogP contribution >= 0.6 is 0 Å². The molecule has 0 atom stereocenters. The van der Waals surface area contributed by atoms with E-state index < -0.39 is 0 Å². The Morgan fingerprint density at radius 1 is 0.800 bits per heavy atom. The minimum atomic E-state index is 0.859. The lowest BCUT2D eigenvalue weighted by atomic mass is 9.97. The largest absolute Gasteiger partial charge is 0.493 e. The van der Waals surface area contributed by atoms with E-state index in [-0.39, 0.29) is 0 Å². The van der Waals surface area contributed by atoms with E-state index >= 15 is 0 Å². The minimum absolute atomic E-state index is 0.859. The van der Waals surface area contributed by atoms with Gasteiger partial charge in [0.25, 0.3) is 0 Å². The molecule has 1 saturated heterocycles. The van der Waals surface area contributed by atoms with Gasteiger partial charge in [0.2, 0.25) is 0 Å². The fourth-order valence-electron chi connectivity index (χ4n) is 4.60. The van der Waals surface area contributed by atoms with Crippen LogP contribution in [0.2, 0.25) is 0 Å². The maximum Gasteiger partial charge on any atom is 0.127 e. The summed E-state index contributed by atoms with van der Waals surface area (Å²) in [6, 6.07) is 13.2. The third kappa shape index (κ3) is 3.94. The van der Waals surface area contributed by atoms with E-state index in [1.165, 1.54) is 87.3 Å². The predicted octanol–water partition coefficient (Wildman–Crippen LogP) is 6.18. The van der Waals surface area contributed by atoms with Gasteiger partial charge in [-0.25, -0.2) is 0 Å². The van der Waals surface area contributed by atoms with Crippen molar-refractivity contribution in [2.24, 2.45) is 5.92 Å². The van der Waals surface area contributed by atoms with Crippen molar-refractivity contribution in [3.8, 4) is 5.75 Å². The Balaban J connectivity index is 1.47. The Labute approximate surface area is 152 Å². The predicted molar refractivity (Wildman–Crippen MR) is 107 cm³/mol. The zero-order valence-corrected chi connectivity index (χ0v) is 15.4. The van der Waals surface area contributed by atoms with Crippen molar-refractivity contribution in [1.29, 1.82) is 0 Å². The SMILES string of the molecule is c1ccc2c(N3CCCC3)ccc(OCCC3CCCCCC3)c2c1. The van der Waals surface area contributed by atoms with Gasteiger partial charge >= 0.3 is 0 Å². The number of benzene rings is 2. The molecule has 1 aliphatic carbocycles. The molecular formula is C23H31NO. The van der Waals surface area contributed by atoms with Gasteiger partial charge < -0.3 is 9.64 Å². The molecule has 0 spiro atoms. The van der Waals surface area contributed by atoms with E-state index in [4.69, 9.17) is 4.74 Å². The van der Waals surface area contributed by atoms with E-state index in [2.05, 4.69) is 41.3 Å². The zero-order valence-electron chi connectivity index (χ0n) is 15.4. The molecule has 0 bridgehead atoms. The van der Waals surface area contributed by atoms with Gasteiger partial charge in [-0.3, -0.25) is 0 Å². The zero-order chi connectivity index (χ0) is 16.9. The highest BCUT2D eigenvalue weighted by Crippen LogP contribution is 2.35. The minimum Gasteiger partial charge on any atom is -0.493 e. The number of hydrogen-bond acceptors (Lipinski definition) is 2. The molecule has 0 N–H and O–H groups in total. The molecule has 1 heterocycles. The van der Waals surface area contributed by atoms with Crippen molar-refractivity contribution in [3.05, 3.63) is 36.4 Å². The Morgan fingerprint density at radius 3 is 2.28 bits per heavy atom. The summed E-state index contributed by atoms with van der Waals surface area (Å²) in [4.78, 5) is 2.53. The van der Waals surface area contributed by atoms with Crippen LogP contribution in [-0.2, 0) is 0 Å². The summed E-state index contributed by atoms with van der Waals surface area (Å²) < 4.78 is 6.26. The highest BCUT2D eigenvalue weighted by Gasteiger charge is 2.17. The highest BCUT2D eigenvalue weighted by molar-refractivity contribution is 5.98. The second-order valence-corrected chi connectivity index (χ2v) is 7.82. The second kappa shape index (κ2) is 8.12. The summed E-state index contributed by atoms with van der Waals surface area (Å²) in [5.41, 5.74) is 1.38. The number of ether oxygens (including phenoxy) is 1. The third-order valence-electron chi connectivity index (χ3n) is 6.07. The highest BCUT2D eigenvalue weighted by atomic mass is 16.5. The molecule has 2 aromatic carbocycles. The molecule has 4 rings (SSSR count). The van der Waals surface area contributed by atoms with Crippen LogP contribution in [0.25, 0.3) is 10.8 Å². The van der Waals surface area contributed by atoms with Gasteiger partial charge in [-0.15, -0.1) is 0 Å². The monoisotopic (exact) mass is 337 g/mol. The maximum atomic E-state index is 6.26. The van der Waals surface area contributed by atoms with Gasteiger partial charge in [-0.2, -0.15) is 0 Å². The van der Waals surface area contributed by atoms with E-state index in [0.29, 0.717) is 0 Å². The quantitative estimate of drug-likeness (QED) is 0.604. The number of nitrogens with zero attached hydrogens (tertiary/aromatic N) is 1. The summed E-state index contributed by atoms with van der Waals surface area (Å²) in [5, 5.41) is 2.61. The van der Waals surface area contributed by atoms with Crippen LogP contribution in [0.3, 0.4) is 0 Å². The van der Waals surface area contributed by atoms with Crippen LogP contribution in [0.5, 0.6) is 5.75 Å². The number of anilines is 1. The Bertz CT molecular complexity index is 682. The number of rotatable bonds is 5. The molecule has 25 heavy (non-hydrogen) atoms. The van der Waals surface area contributed by atoms with Crippen molar-refractivity contribution < 1.29 is 4.74 Å². The van der Waals surface area contributed by atoms with Gasteiger partial charge in [-0.1, -0.05) is 62.8 Å². The lowest BCUT2D eigenvalue weighted by Crippen LogP contribution is -2.17. The van der Waals surface area contributed by atoms with E-state index in [1.807, 2.05) is 0 Å². The molecule has 2 aromatic rings. The molecule has 0 unspecified atom stereocenters. The second-order valence-electron chi connectivity index (χ2n) is 7.82. The van der Waals surface area contributed by atoms with Crippen LogP contribution in [0.4, 0.5) is 5.69 Å². The fraction of sp³-hybridized carbons (Fsp3) is 0.565. The van der Waals surface area contributed by atoms with Gasteiger partial charge in [0.05, 0.1) is 6.61 Å². The van der Waals surface area contributed by atoms with Crippen LogP contribution in [0, 0.1) is 5.92 Å². The van der Waals surface area contributed by atoms with Gasteiger partial charge in [0.1, 0.15) is 5.75 Å². The molecule has 0 radical (unpaired) electrons. The molecule has 1 saturated carbocycles. The summed E-state index contributed by atoms with van der Waals surface area (Å²) in [5.74, 6) is 1.94.